The maximum absolute atomic E-state index is 13.3. The third-order valence-electron chi connectivity index (χ3n) is 4.15. The van der Waals surface area contributed by atoms with Gasteiger partial charge in [0, 0.05) is 24.7 Å². The third-order valence-corrected chi connectivity index (χ3v) is 5.61. The summed E-state index contributed by atoms with van der Waals surface area (Å²) >= 11 is 0. The van der Waals surface area contributed by atoms with Crippen LogP contribution in [0.4, 0.5) is 17.6 Å². The first kappa shape index (κ1) is 21.7. The van der Waals surface area contributed by atoms with Gasteiger partial charge in [0.1, 0.15) is 5.82 Å². The molecule has 0 aliphatic rings. The van der Waals surface area contributed by atoms with Crippen molar-refractivity contribution in [2.24, 2.45) is 0 Å². The summed E-state index contributed by atoms with van der Waals surface area (Å²) in [5.41, 5.74) is -0.922. The van der Waals surface area contributed by atoms with Gasteiger partial charge in [0.2, 0.25) is 10.0 Å². The molecule has 0 saturated carbocycles. The summed E-state index contributed by atoms with van der Waals surface area (Å²) in [7, 11) is -4.35. The SMILES string of the molecule is O=c1cc(-c2ccccc2)ncn1CCNS(=O)(=O)c1ccc(F)c(C(F)(F)F)c1. The molecule has 1 aromatic heterocycles. The van der Waals surface area contributed by atoms with E-state index in [0.29, 0.717) is 11.8 Å². The zero-order valence-electron chi connectivity index (χ0n) is 15.2. The quantitative estimate of drug-likeness (QED) is 0.597. The van der Waals surface area contributed by atoms with Crippen LogP contribution >= 0.6 is 0 Å². The minimum Gasteiger partial charge on any atom is -0.298 e. The Bertz CT molecular complexity index is 1210. The van der Waals surface area contributed by atoms with Gasteiger partial charge in [-0.25, -0.2) is 22.5 Å². The van der Waals surface area contributed by atoms with Crippen molar-refractivity contribution in [1.82, 2.24) is 14.3 Å². The maximum Gasteiger partial charge on any atom is 0.419 e. The van der Waals surface area contributed by atoms with Crippen LogP contribution in [0.5, 0.6) is 0 Å². The van der Waals surface area contributed by atoms with Crippen molar-refractivity contribution in [1.29, 1.82) is 0 Å². The molecular weight excluding hydrogens is 426 g/mol. The van der Waals surface area contributed by atoms with E-state index in [-0.39, 0.29) is 19.2 Å². The smallest absolute Gasteiger partial charge is 0.298 e. The fourth-order valence-electron chi connectivity index (χ4n) is 2.63. The molecule has 3 rings (SSSR count). The highest BCUT2D eigenvalue weighted by atomic mass is 32.2. The predicted octanol–water partition coefficient (Wildman–Crippen LogP) is 3.05. The van der Waals surface area contributed by atoms with Gasteiger partial charge in [-0.1, -0.05) is 30.3 Å². The van der Waals surface area contributed by atoms with Crippen molar-refractivity contribution in [3.8, 4) is 11.3 Å². The van der Waals surface area contributed by atoms with Gasteiger partial charge < -0.3 is 0 Å². The Morgan fingerprint density at radius 1 is 1.03 bits per heavy atom. The Morgan fingerprint density at radius 2 is 1.73 bits per heavy atom. The van der Waals surface area contributed by atoms with Crippen LogP contribution in [0.1, 0.15) is 5.56 Å². The first-order chi connectivity index (χ1) is 14.1. The normalized spacial score (nSPS) is 12.1. The second-order valence-electron chi connectivity index (χ2n) is 6.21. The van der Waals surface area contributed by atoms with E-state index in [1.807, 2.05) is 6.07 Å². The van der Waals surface area contributed by atoms with Crippen molar-refractivity contribution in [2.45, 2.75) is 17.6 Å². The van der Waals surface area contributed by atoms with E-state index in [1.165, 1.54) is 12.4 Å². The van der Waals surface area contributed by atoms with Gasteiger partial charge in [-0.05, 0) is 18.2 Å². The number of nitrogens with one attached hydrogen (secondary N) is 1. The molecule has 0 saturated heterocycles. The Hall–Kier alpha value is -3.05. The molecule has 3 aromatic rings. The lowest BCUT2D eigenvalue weighted by Crippen LogP contribution is -2.31. The van der Waals surface area contributed by atoms with E-state index in [1.54, 1.807) is 24.3 Å². The summed E-state index contributed by atoms with van der Waals surface area (Å²) in [5, 5.41) is 0. The summed E-state index contributed by atoms with van der Waals surface area (Å²) < 4.78 is 79.4. The van der Waals surface area contributed by atoms with E-state index in [4.69, 9.17) is 0 Å². The second-order valence-corrected chi connectivity index (χ2v) is 7.98. The van der Waals surface area contributed by atoms with Crippen LogP contribution < -0.4 is 10.3 Å². The fourth-order valence-corrected chi connectivity index (χ4v) is 3.68. The van der Waals surface area contributed by atoms with Crippen LogP contribution in [-0.2, 0) is 22.7 Å². The molecule has 0 atom stereocenters. The number of alkyl halides is 3. The number of nitrogens with zero attached hydrogens (tertiary/aromatic N) is 2. The van der Waals surface area contributed by atoms with Crippen molar-refractivity contribution in [3.05, 3.63) is 82.7 Å². The molecule has 6 nitrogen and oxygen atoms in total. The summed E-state index contributed by atoms with van der Waals surface area (Å²) in [6.45, 7) is -0.388. The molecule has 0 amide bonds. The highest BCUT2D eigenvalue weighted by Gasteiger charge is 2.35. The Labute approximate surface area is 168 Å². The van der Waals surface area contributed by atoms with Crippen LogP contribution in [0.3, 0.4) is 0 Å². The first-order valence-electron chi connectivity index (χ1n) is 8.56. The lowest BCUT2D eigenvalue weighted by molar-refractivity contribution is -0.140. The molecule has 0 fully saturated rings. The van der Waals surface area contributed by atoms with E-state index in [0.717, 1.165) is 16.2 Å². The van der Waals surface area contributed by atoms with Crippen LogP contribution in [0.15, 0.2) is 70.6 Å². The number of hydrogen-bond acceptors (Lipinski definition) is 4. The molecule has 2 aromatic carbocycles. The number of aromatic nitrogens is 2. The molecular formula is C19H15F4N3O3S. The molecule has 1 N–H and O–H groups in total. The van der Waals surface area contributed by atoms with Gasteiger partial charge in [-0.2, -0.15) is 13.2 Å². The summed E-state index contributed by atoms with van der Waals surface area (Å²) in [5.74, 6) is -1.57. The Kier molecular flexibility index (Phi) is 6.04. The molecule has 0 radical (unpaired) electrons. The highest BCUT2D eigenvalue weighted by Crippen LogP contribution is 2.32. The second kappa shape index (κ2) is 8.36. The highest BCUT2D eigenvalue weighted by molar-refractivity contribution is 7.89. The first-order valence-corrected chi connectivity index (χ1v) is 10.0. The molecule has 1 heterocycles. The fraction of sp³-hybridized carbons (Fsp3) is 0.158. The molecule has 30 heavy (non-hydrogen) atoms. The molecule has 11 heteroatoms. The van der Waals surface area contributed by atoms with Crippen molar-refractivity contribution < 1.29 is 26.0 Å². The maximum atomic E-state index is 13.3. The minimum atomic E-state index is -5.03. The van der Waals surface area contributed by atoms with Gasteiger partial charge >= 0.3 is 6.18 Å². The predicted molar refractivity (Wildman–Crippen MR) is 101 cm³/mol. The van der Waals surface area contributed by atoms with Gasteiger partial charge in [-0.3, -0.25) is 9.36 Å². The molecule has 0 bridgehead atoms. The van der Waals surface area contributed by atoms with Gasteiger partial charge in [0.25, 0.3) is 5.56 Å². The molecule has 0 aliphatic carbocycles. The van der Waals surface area contributed by atoms with Gasteiger partial charge in [0.05, 0.1) is 22.5 Å². The Balaban J connectivity index is 1.71. The van der Waals surface area contributed by atoms with Crippen molar-refractivity contribution in [3.63, 3.8) is 0 Å². The topological polar surface area (TPSA) is 81.1 Å². The van der Waals surface area contributed by atoms with Crippen LogP contribution in [0.25, 0.3) is 11.3 Å². The minimum absolute atomic E-state index is 0.104. The van der Waals surface area contributed by atoms with Gasteiger partial charge in [0.15, 0.2) is 0 Å². The van der Waals surface area contributed by atoms with E-state index in [9.17, 15) is 30.8 Å². The average molecular weight is 441 g/mol. The summed E-state index contributed by atoms with van der Waals surface area (Å²) in [6, 6.07) is 11.6. The lowest BCUT2D eigenvalue weighted by Gasteiger charge is -2.12. The van der Waals surface area contributed by atoms with Gasteiger partial charge in [-0.15, -0.1) is 0 Å². The summed E-state index contributed by atoms with van der Waals surface area (Å²) in [4.78, 5) is 15.6. The van der Waals surface area contributed by atoms with E-state index < -0.39 is 38.0 Å². The number of halogens is 4. The van der Waals surface area contributed by atoms with E-state index >= 15 is 0 Å². The zero-order valence-corrected chi connectivity index (χ0v) is 16.0. The average Bonchev–Trinajstić information content (AvgIpc) is 2.69. The lowest BCUT2D eigenvalue weighted by atomic mass is 10.1. The summed E-state index contributed by atoms with van der Waals surface area (Å²) in [6.07, 6.45) is -3.78. The van der Waals surface area contributed by atoms with Crippen LogP contribution in [0.2, 0.25) is 0 Å². The van der Waals surface area contributed by atoms with Crippen molar-refractivity contribution >= 4 is 10.0 Å². The molecule has 0 unspecified atom stereocenters. The Morgan fingerprint density at radius 3 is 2.37 bits per heavy atom. The number of benzene rings is 2. The van der Waals surface area contributed by atoms with Crippen LogP contribution in [0, 0.1) is 5.82 Å². The third kappa shape index (κ3) is 4.92. The molecule has 158 valence electrons. The standard InChI is InChI=1S/C19H15F4N3O3S/c20-16-7-6-14(10-15(16)19(21,22)23)30(28,29)25-8-9-26-12-24-17(11-18(26)27)13-4-2-1-3-5-13/h1-7,10-12,25H,8-9H2. The number of sulfonamides is 1. The number of hydrogen-bond donors (Lipinski definition) is 1. The van der Waals surface area contributed by atoms with E-state index in [2.05, 4.69) is 9.71 Å². The molecule has 0 aliphatic heterocycles. The zero-order chi connectivity index (χ0) is 21.9. The number of rotatable bonds is 6. The molecule has 0 spiro atoms. The van der Waals surface area contributed by atoms with Crippen molar-refractivity contribution in [2.75, 3.05) is 6.54 Å². The monoisotopic (exact) mass is 441 g/mol. The largest absolute Gasteiger partial charge is 0.419 e. The van der Waals surface area contributed by atoms with Crippen LogP contribution in [-0.4, -0.2) is 24.5 Å².